The Labute approximate surface area is 220 Å². The Morgan fingerprint density at radius 2 is 1.38 bits per heavy atom. The van der Waals surface area contributed by atoms with Crippen LogP contribution in [-0.4, -0.2) is 0 Å². The van der Waals surface area contributed by atoms with E-state index in [1.165, 1.54) is 37.8 Å². The van der Waals surface area contributed by atoms with E-state index in [-0.39, 0.29) is 11.5 Å². The summed E-state index contributed by atoms with van der Waals surface area (Å²) in [5.41, 5.74) is 0.991. The number of ether oxygens (including phenoxy) is 1. The second-order valence-corrected chi connectivity index (χ2v) is 11.4. The van der Waals surface area contributed by atoms with Gasteiger partial charge in [-0.25, -0.2) is 8.78 Å². The molecular weight excluding hydrogens is 476 g/mol. The molecule has 4 rings (SSSR count). The summed E-state index contributed by atoms with van der Waals surface area (Å²) in [7, 11) is 0. The van der Waals surface area contributed by atoms with Crippen LogP contribution in [0.1, 0.15) is 132 Å². The highest BCUT2D eigenvalue weighted by molar-refractivity contribution is 5.32. The Bertz CT molecular complexity index is 1000. The first-order valence-electron chi connectivity index (χ1n) is 14.4. The van der Waals surface area contributed by atoms with Crippen LogP contribution >= 0.6 is 0 Å². The number of halogens is 4. The van der Waals surface area contributed by atoms with E-state index < -0.39 is 29.4 Å². The topological polar surface area (TPSA) is 9.23 Å². The SMILES string of the molecule is CCCC1CCC(c2ccc(C(F)(F)OC(C)c3ccc(C4CCC(CC)CC4)cc3)c(F)c2F)CC1. The minimum Gasteiger partial charge on any atom is -0.309 e. The molecule has 2 fully saturated rings. The highest BCUT2D eigenvalue weighted by Gasteiger charge is 2.40. The summed E-state index contributed by atoms with van der Waals surface area (Å²) < 4.78 is 65.1. The first-order valence-corrected chi connectivity index (χ1v) is 14.4. The van der Waals surface area contributed by atoms with Crippen molar-refractivity contribution in [3.05, 3.63) is 70.3 Å². The summed E-state index contributed by atoms with van der Waals surface area (Å²) in [5.74, 6) is -0.838. The van der Waals surface area contributed by atoms with E-state index in [9.17, 15) is 8.78 Å². The highest BCUT2D eigenvalue weighted by atomic mass is 19.3. The zero-order valence-corrected chi connectivity index (χ0v) is 22.5. The summed E-state index contributed by atoms with van der Waals surface area (Å²) in [6.07, 6.45) is 6.81. The minimum absolute atomic E-state index is 0.124. The fourth-order valence-corrected chi connectivity index (χ4v) is 6.57. The third-order valence-electron chi connectivity index (χ3n) is 9.04. The Morgan fingerprint density at radius 1 is 0.784 bits per heavy atom. The van der Waals surface area contributed by atoms with Crippen LogP contribution in [-0.2, 0) is 10.8 Å². The van der Waals surface area contributed by atoms with Gasteiger partial charge in [-0.15, -0.1) is 0 Å². The van der Waals surface area contributed by atoms with Gasteiger partial charge >= 0.3 is 6.11 Å². The average molecular weight is 519 g/mol. The molecule has 0 aliphatic heterocycles. The number of hydrogen-bond acceptors (Lipinski definition) is 1. The van der Waals surface area contributed by atoms with E-state index in [1.807, 2.05) is 24.3 Å². The average Bonchev–Trinajstić information content (AvgIpc) is 2.90. The first kappa shape index (κ1) is 28.1. The Morgan fingerprint density at radius 3 is 1.97 bits per heavy atom. The van der Waals surface area contributed by atoms with Gasteiger partial charge in [-0.3, -0.25) is 0 Å². The number of benzene rings is 2. The summed E-state index contributed by atoms with van der Waals surface area (Å²) in [4.78, 5) is 0. The van der Waals surface area contributed by atoms with Crippen molar-refractivity contribution in [1.82, 2.24) is 0 Å². The van der Waals surface area contributed by atoms with Gasteiger partial charge in [0.2, 0.25) is 0 Å². The highest BCUT2D eigenvalue weighted by Crippen LogP contribution is 2.43. The van der Waals surface area contributed by atoms with Gasteiger partial charge in [0.05, 0.1) is 11.7 Å². The monoisotopic (exact) mass is 518 g/mol. The van der Waals surface area contributed by atoms with Crippen LogP contribution in [0.15, 0.2) is 36.4 Å². The molecule has 2 aliphatic rings. The second-order valence-electron chi connectivity index (χ2n) is 11.4. The van der Waals surface area contributed by atoms with E-state index >= 15 is 8.78 Å². The quantitative estimate of drug-likeness (QED) is 0.300. The normalized spacial score (nSPS) is 25.7. The molecular formula is C32H42F4O. The summed E-state index contributed by atoms with van der Waals surface area (Å²) in [6, 6.07) is 9.97. The maximum absolute atomic E-state index is 15.1. The van der Waals surface area contributed by atoms with Gasteiger partial charge in [-0.1, -0.05) is 63.4 Å². The molecule has 1 atom stereocenters. The van der Waals surface area contributed by atoms with Gasteiger partial charge in [0.25, 0.3) is 0 Å². The third kappa shape index (κ3) is 6.58. The van der Waals surface area contributed by atoms with Crippen molar-refractivity contribution in [3.63, 3.8) is 0 Å². The third-order valence-corrected chi connectivity index (χ3v) is 9.04. The standard InChI is InChI=1S/C32H42F4O/c1-4-6-23-9-13-27(14-10-23)28-19-20-29(31(34)30(28)33)32(35,36)37-21(3)24-15-17-26(18-16-24)25-11-7-22(5-2)8-12-25/h15-23,25,27H,4-14H2,1-3H3. The van der Waals surface area contributed by atoms with Crippen molar-refractivity contribution < 1.29 is 22.3 Å². The van der Waals surface area contributed by atoms with Gasteiger partial charge in [-0.05, 0) is 105 Å². The molecule has 2 aliphatic carbocycles. The first-order chi connectivity index (χ1) is 17.7. The van der Waals surface area contributed by atoms with E-state index in [1.54, 1.807) is 0 Å². The van der Waals surface area contributed by atoms with Crippen molar-refractivity contribution in [2.45, 2.75) is 115 Å². The van der Waals surface area contributed by atoms with E-state index in [4.69, 9.17) is 4.74 Å². The molecule has 0 aromatic heterocycles. The Balaban J connectivity index is 1.41. The summed E-state index contributed by atoms with van der Waals surface area (Å²) in [6.45, 7) is 5.91. The molecule has 0 saturated heterocycles. The largest absolute Gasteiger partial charge is 0.386 e. The molecule has 0 amide bonds. The zero-order chi connectivity index (χ0) is 26.6. The van der Waals surface area contributed by atoms with Crippen LogP contribution in [0.3, 0.4) is 0 Å². The molecule has 204 valence electrons. The molecule has 0 radical (unpaired) electrons. The van der Waals surface area contributed by atoms with E-state index in [0.29, 0.717) is 17.4 Å². The van der Waals surface area contributed by atoms with E-state index in [2.05, 4.69) is 13.8 Å². The van der Waals surface area contributed by atoms with Gasteiger partial charge in [-0.2, -0.15) is 8.78 Å². The Kier molecular flexibility index (Phi) is 9.37. The lowest BCUT2D eigenvalue weighted by atomic mass is 9.77. The number of alkyl halides is 2. The van der Waals surface area contributed by atoms with Crippen LogP contribution in [0.25, 0.3) is 0 Å². The lowest BCUT2D eigenvalue weighted by molar-refractivity contribution is -0.273. The van der Waals surface area contributed by atoms with Gasteiger partial charge < -0.3 is 4.74 Å². The van der Waals surface area contributed by atoms with Crippen molar-refractivity contribution in [1.29, 1.82) is 0 Å². The van der Waals surface area contributed by atoms with Crippen LogP contribution in [0, 0.1) is 23.5 Å². The molecule has 1 nitrogen and oxygen atoms in total. The Hall–Kier alpha value is -1.88. The van der Waals surface area contributed by atoms with Crippen molar-refractivity contribution in [3.8, 4) is 0 Å². The predicted molar refractivity (Wildman–Crippen MR) is 141 cm³/mol. The van der Waals surface area contributed by atoms with Gasteiger partial charge in [0.15, 0.2) is 11.6 Å². The van der Waals surface area contributed by atoms with Gasteiger partial charge in [0.1, 0.15) is 0 Å². The van der Waals surface area contributed by atoms with Crippen LogP contribution < -0.4 is 0 Å². The molecule has 5 heteroatoms. The summed E-state index contributed by atoms with van der Waals surface area (Å²) in [5, 5.41) is 0. The fraction of sp³-hybridized carbons (Fsp3) is 0.625. The predicted octanol–water partition coefficient (Wildman–Crippen LogP) is 10.5. The fourth-order valence-electron chi connectivity index (χ4n) is 6.57. The van der Waals surface area contributed by atoms with Crippen LogP contribution in [0.5, 0.6) is 0 Å². The lowest BCUT2D eigenvalue weighted by Gasteiger charge is -2.29. The molecule has 0 N–H and O–H groups in total. The van der Waals surface area contributed by atoms with Crippen molar-refractivity contribution >= 4 is 0 Å². The smallest absolute Gasteiger partial charge is 0.309 e. The molecule has 0 spiro atoms. The van der Waals surface area contributed by atoms with Crippen LogP contribution in [0.2, 0.25) is 0 Å². The van der Waals surface area contributed by atoms with E-state index in [0.717, 1.165) is 63.4 Å². The maximum atomic E-state index is 15.1. The van der Waals surface area contributed by atoms with Gasteiger partial charge in [0, 0.05) is 0 Å². The zero-order valence-electron chi connectivity index (χ0n) is 22.5. The van der Waals surface area contributed by atoms with Crippen molar-refractivity contribution in [2.24, 2.45) is 11.8 Å². The molecule has 1 unspecified atom stereocenters. The second kappa shape index (κ2) is 12.3. The molecule has 37 heavy (non-hydrogen) atoms. The molecule has 2 saturated carbocycles. The van der Waals surface area contributed by atoms with Crippen molar-refractivity contribution in [2.75, 3.05) is 0 Å². The molecule has 0 bridgehead atoms. The number of hydrogen-bond donors (Lipinski definition) is 0. The van der Waals surface area contributed by atoms with Crippen LogP contribution in [0.4, 0.5) is 17.6 Å². The summed E-state index contributed by atoms with van der Waals surface area (Å²) >= 11 is 0. The lowest BCUT2D eigenvalue weighted by Crippen LogP contribution is -2.23. The molecule has 0 heterocycles. The minimum atomic E-state index is -3.95. The maximum Gasteiger partial charge on any atom is 0.386 e. The number of rotatable bonds is 9. The molecule has 2 aromatic rings. The molecule has 2 aromatic carbocycles.